The van der Waals surface area contributed by atoms with Gasteiger partial charge in [0.2, 0.25) is 0 Å². The summed E-state index contributed by atoms with van der Waals surface area (Å²) in [5.41, 5.74) is 8.77. The molecule has 0 unspecified atom stereocenters. The molecular formula is C41H22N4O3S2. The first kappa shape index (κ1) is 28.7. The molecule has 0 bridgehead atoms. The Hall–Kier alpha value is -6.29. The van der Waals surface area contributed by atoms with E-state index in [1.807, 2.05) is 103 Å². The Labute approximate surface area is 293 Å². The van der Waals surface area contributed by atoms with Crippen molar-refractivity contribution in [1.82, 2.24) is 8.75 Å². The number of nitrogens with zero attached hydrogens (tertiary/aromatic N) is 2. The van der Waals surface area contributed by atoms with Crippen LogP contribution in [0.1, 0.15) is 47.8 Å². The Balaban J connectivity index is 1.09. The molecule has 7 nitrogen and oxygen atoms in total. The third-order valence-corrected chi connectivity index (χ3v) is 11.0. The number of fused-ring (bicyclic) bond motifs is 4. The molecule has 0 saturated carbocycles. The fourth-order valence-corrected chi connectivity index (χ4v) is 8.80. The standard InChI is InChI=1S/C41H22N4O3S2/c46-39(21-8-2-1-3-9-21)23-19-18-22(42-28-14-4-10-24-33(28)40(47)26-12-6-16-31-35(26)37(24)44-49-31)20-30(23)43-29-15-5-11-25-34(29)41(48)27-13-7-17-32-36(27)38(25)45-50-32/h1-20,42-43H. The molecule has 50 heavy (non-hydrogen) atoms. The van der Waals surface area contributed by atoms with Crippen LogP contribution in [0.15, 0.2) is 121 Å². The molecule has 0 amide bonds. The van der Waals surface area contributed by atoms with Gasteiger partial charge < -0.3 is 10.6 Å². The van der Waals surface area contributed by atoms with Gasteiger partial charge in [-0.2, -0.15) is 8.75 Å². The summed E-state index contributed by atoms with van der Waals surface area (Å²) in [6.45, 7) is 0. The van der Waals surface area contributed by atoms with Crippen molar-refractivity contribution in [2.45, 2.75) is 0 Å². The highest BCUT2D eigenvalue weighted by Crippen LogP contribution is 2.45. The second kappa shape index (κ2) is 10.9. The number of hydrogen-bond acceptors (Lipinski definition) is 9. The van der Waals surface area contributed by atoms with Gasteiger partial charge in [0.05, 0.1) is 49.0 Å². The number of aromatic nitrogens is 2. The lowest BCUT2D eigenvalue weighted by molar-refractivity contribution is 0.103. The third kappa shape index (κ3) is 4.17. The van der Waals surface area contributed by atoms with Crippen LogP contribution < -0.4 is 10.6 Å². The number of rotatable bonds is 6. The maximum Gasteiger partial charge on any atom is 0.196 e. The Morgan fingerprint density at radius 1 is 0.520 bits per heavy atom. The number of hydrogen-bond donors (Lipinski definition) is 2. The van der Waals surface area contributed by atoms with Gasteiger partial charge in [0.15, 0.2) is 17.3 Å². The van der Waals surface area contributed by atoms with Crippen LogP contribution in [0.5, 0.6) is 0 Å². The molecular weight excluding hydrogens is 661 g/mol. The molecule has 0 saturated heterocycles. The average molecular weight is 683 g/mol. The van der Waals surface area contributed by atoms with E-state index in [-0.39, 0.29) is 17.3 Å². The lowest BCUT2D eigenvalue weighted by Crippen LogP contribution is -2.13. The smallest absolute Gasteiger partial charge is 0.196 e. The summed E-state index contributed by atoms with van der Waals surface area (Å²) < 4.78 is 11.4. The second-order valence-corrected chi connectivity index (χ2v) is 13.8. The van der Waals surface area contributed by atoms with Crippen LogP contribution >= 0.6 is 23.1 Å². The van der Waals surface area contributed by atoms with Crippen molar-refractivity contribution in [2.75, 3.05) is 10.6 Å². The van der Waals surface area contributed by atoms with Crippen molar-refractivity contribution in [2.24, 2.45) is 0 Å². The molecule has 2 aromatic heterocycles. The highest BCUT2D eigenvalue weighted by atomic mass is 32.1. The predicted molar refractivity (Wildman–Crippen MR) is 200 cm³/mol. The van der Waals surface area contributed by atoms with Crippen molar-refractivity contribution in [3.8, 4) is 22.5 Å². The van der Waals surface area contributed by atoms with Crippen molar-refractivity contribution in [1.29, 1.82) is 0 Å². The van der Waals surface area contributed by atoms with Gasteiger partial charge in [0, 0.05) is 49.8 Å². The molecule has 2 N–H and O–H groups in total. The zero-order valence-corrected chi connectivity index (χ0v) is 27.6. The maximum absolute atomic E-state index is 14.1. The molecule has 10 rings (SSSR count). The number of anilines is 4. The van der Waals surface area contributed by atoms with Gasteiger partial charge in [-0.1, -0.05) is 78.9 Å². The van der Waals surface area contributed by atoms with E-state index >= 15 is 0 Å². The van der Waals surface area contributed by atoms with Crippen LogP contribution in [0.3, 0.4) is 0 Å². The van der Waals surface area contributed by atoms with E-state index in [9.17, 15) is 14.4 Å². The molecule has 2 heterocycles. The van der Waals surface area contributed by atoms with E-state index in [1.54, 1.807) is 18.2 Å². The molecule has 9 heteroatoms. The van der Waals surface area contributed by atoms with Crippen LogP contribution in [-0.4, -0.2) is 26.1 Å². The molecule has 0 aliphatic heterocycles. The zero-order chi connectivity index (χ0) is 33.5. The van der Waals surface area contributed by atoms with Crippen molar-refractivity contribution >= 4 is 83.3 Å². The lowest BCUT2D eigenvalue weighted by atomic mass is 9.86. The summed E-state index contributed by atoms with van der Waals surface area (Å²) in [5.74, 6) is -0.335. The molecule has 2 aliphatic rings. The summed E-state index contributed by atoms with van der Waals surface area (Å²) >= 11 is 2.77. The zero-order valence-electron chi connectivity index (χ0n) is 26.0. The number of nitrogens with one attached hydrogen (secondary N) is 2. The third-order valence-electron chi connectivity index (χ3n) is 9.43. The molecule has 0 radical (unpaired) electrons. The van der Waals surface area contributed by atoms with Gasteiger partial charge >= 0.3 is 0 Å². The van der Waals surface area contributed by atoms with Gasteiger partial charge in [0.1, 0.15) is 0 Å². The molecule has 2 aliphatic carbocycles. The molecule has 0 spiro atoms. The van der Waals surface area contributed by atoms with Crippen molar-refractivity contribution in [3.05, 3.63) is 155 Å². The minimum atomic E-state index is -0.168. The average Bonchev–Trinajstić information content (AvgIpc) is 3.79. The van der Waals surface area contributed by atoms with E-state index in [1.165, 1.54) is 23.1 Å². The van der Waals surface area contributed by atoms with Gasteiger partial charge in [-0.3, -0.25) is 14.4 Å². The first-order chi connectivity index (χ1) is 24.5. The minimum absolute atomic E-state index is 0.0681. The molecule has 236 valence electrons. The number of carbonyl (C=O) groups excluding carboxylic acids is 3. The van der Waals surface area contributed by atoms with Crippen LogP contribution in [0.2, 0.25) is 0 Å². The van der Waals surface area contributed by atoms with Crippen LogP contribution in [0, 0.1) is 0 Å². The first-order valence-corrected chi connectivity index (χ1v) is 17.5. The van der Waals surface area contributed by atoms with Crippen LogP contribution in [0.4, 0.5) is 22.7 Å². The van der Waals surface area contributed by atoms with Crippen LogP contribution in [-0.2, 0) is 0 Å². The van der Waals surface area contributed by atoms with E-state index in [0.29, 0.717) is 56.1 Å². The summed E-state index contributed by atoms with van der Waals surface area (Å²) in [5, 5.41) is 8.71. The van der Waals surface area contributed by atoms with Gasteiger partial charge in [-0.25, -0.2) is 0 Å². The fourth-order valence-electron chi connectivity index (χ4n) is 7.17. The summed E-state index contributed by atoms with van der Waals surface area (Å²) in [4.78, 5) is 42.0. The largest absolute Gasteiger partial charge is 0.355 e. The monoisotopic (exact) mass is 682 g/mol. The fraction of sp³-hybridized carbons (Fsp3) is 0. The van der Waals surface area contributed by atoms with E-state index < -0.39 is 0 Å². The molecule has 0 fully saturated rings. The van der Waals surface area contributed by atoms with Gasteiger partial charge in [0.25, 0.3) is 0 Å². The summed E-state index contributed by atoms with van der Waals surface area (Å²) in [6, 6.07) is 37.4. The van der Waals surface area contributed by atoms with Crippen molar-refractivity contribution < 1.29 is 14.4 Å². The predicted octanol–water partition coefficient (Wildman–Crippen LogP) is 10.0. The van der Waals surface area contributed by atoms with E-state index in [2.05, 4.69) is 10.6 Å². The Bertz CT molecular complexity index is 2780. The number of carbonyl (C=O) groups is 3. The Kier molecular flexibility index (Phi) is 6.23. The van der Waals surface area contributed by atoms with Gasteiger partial charge in [-0.05, 0) is 65.5 Å². The quantitative estimate of drug-likeness (QED) is 0.168. The summed E-state index contributed by atoms with van der Waals surface area (Å²) in [6.07, 6.45) is 0. The number of benzene rings is 6. The molecule has 0 atom stereocenters. The topological polar surface area (TPSA) is 101 Å². The normalized spacial score (nSPS) is 12.6. The van der Waals surface area contributed by atoms with Crippen molar-refractivity contribution in [3.63, 3.8) is 0 Å². The lowest BCUT2D eigenvalue weighted by Gasteiger charge is -2.22. The minimum Gasteiger partial charge on any atom is -0.355 e. The maximum atomic E-state index is 14.1. The molecule has 6 aromatic carbocycles. The second-order valence-electron chi connectivity index (χ2n) is 12.2. The Morgan fingerprint density at radius 3 is 1.66 bits per heavy atom. The molecule has 8 aromatic rings. The highest BCUT2D eigenvalue weighted by molar-refractivity contribution is 7.14. The van der Waals surface area contributed by atoms with E-state index in [0.717, 1.165) is 42.7 Å². The first-order valence-electron chi connectivity index (χ1n) is 16.0. The highest BCUT2D eigenvalue weighted by Gasteiger charge is 2.31. The number of ketones is 3. The SMILES string of the molecule is O=C(c1ccccc1)c1ccc(Nc2cccc3c2C(=O)c2cccc4snc-3c24)cc1Nc1cccc2c1C(=O)c1cccc3snc-2c13. The van der Waals surface area contributed by atoms with E-state index in [4.69, 9.17) is 8.75 Å². The summed E-state index contributed by atoms with van der Waals surface area (Å²) in [7, 11) is 0. The van der Waals surface area contributed by atoms with Gasteiger partial charge in [-0.15, -0.1) is 0 Å². The Morgan fingerprint density at radius 2 is 1.06 bits per heavy atom. The van der Waals surface area contributed by atoms with Crippen LogP contribution in [0.25, 0.3) is 42.7 Å².